The maximum absolute atomic E-state index is 13.6. The second-order valence-electron chi connectivity index (χ2n) is 3.42. The van der Waals surface area contributed by atoms with Crippen LogP contribution in [0.15, 0.2) is 18.2 Å². The number of aryl methyl sites for hydroxylation is 1. The van der Waals surface area contributed by atoms with E-state index in [1.54, 1.807) is 12.1 Å². The molecular weight excluding hydrogens is 282 g/mol. The van der Waals surface area contributed by atoms with Gasteiger partial charge in [0.15, 0.2) is 5.01 Å². The summed E-state index contributed by atoms with van der Waals surface area (Å²) in [6.07, 6.45) is 1.62. The predicted octanol–water partition coefficient (Wildman–Crippen LogP) is 4.17. The summed E-state index contributed by atoms with van der Waals surface area (Å²) in [5, 5.41) is 9.79. The van der Waals surface area contributed by atoms with Crippen LogP contribution in [0.2, 0.25) is 5.02 Å². The largest absolute Gasteiger partial charge is 0.206 e. The monoisotopic (exact) mass is 290 g/mol. The summed E-state index contributed by atoms with van der Waals surface area (Å²) in [7, 11) is 0. The number of hydrogen-bond acceptors (Lipinski definition) is 3. The third kappa shape index (κ3) is 3.15. The Morgan fingerprint density at radius 2 is 2.12 bits per heavy atom. The first-order valence-electron chi connectivity index (χ1n) is 5.04. The number of nitrogens with zero attached hydrogens (tertiary/aromatic N) is 2. The molecule has 2 aromatic rings. The summed E-state index contributed by atoms with van der Waals surface area (Å²) < 4.78 is 13.6. The lowest BCUT2D eigenvalue weighted by Crippen LogP contribution is -1.84. The van der Waals surface area contributed by atoms with Crippen LogP contribution in [0.4, 0.5) is 4.39 Å². The average Bonchev–Trinajstić information content (AvgIpc) is 2.75. The molecule has 1 aromatic heterocycles. The van der Waals surface area contributed by atoms with Gasteiger partial charge in [0.25, 0.3) is 0 Å². The molecule has 17 heavy (non-hydrogen) atoms. The van der Waals surface area contributed by atoms with E-state index in [9.17, 15) is 4.39 Å². The van der Waals surface area contributed by atoms with Crippen LogP contribution in [0.1, 0.15) is 11.4 Å². The third-order valence-electron chi connectivity index (χ3n) is 2.15. The molecule has 0 fully saturated rings. The lowest BCUT2D eigenvalue weighted by molar-refractivity contribution is 0.631. The molecule has 0 aliphatic heterocycles. The van der Waals surface area contributed by atoms with E-state index < -0.39 is 0 Å². The highest BCUT2D eigenvalue weighted by Crippen LogP contribution is 2.28. The summed E-state index contributed by atoms with van der Waals surface area (Å²) in [4.78, 5) is 0. The van der Waals surface area contributed by atoms with Crippen LogP contribution < -0.4 is 0 Å². The Bertz CT molecular complexity index is 516. The zero-order valence-corrected chi connectivity index (χ0v) is 11.1. The van der Waals surface area contributed by atoms with Crippen molar-refractivity contribution in [1.82, 2.24) is 10.2 Å². The molecule has 1 heterocycles. The average molecular weight is 291 g/mol. The van der Waals surface area contributed by atoms with Gasteiger partial charge in [0.1, 0.15) is 10.8 Å². The molecule has 2 nitrogen and oxygen atoms in total. The molecule has 0 amide bonds. The van der Waals surface area contributed by atoms with Gasteiger partial charge in [0.2, 0.25) is 0 Å². The van der Waals surface area contributed by atoms with Crippen molar-refractivity contribution in [1.29, 1.82) is 0 Å². The molecule has 0 unspecified atom stereocenters. The molecule has 2 rings (SSSR count). The molecule has 90 valence electrons. The van der Waals surface area contributed by atoms with Crippen LogP contribution in [0, 0.1) is 5.82 Å². The van der Waals surface area contributed by atoms with Crippen molar-refractivity contribution in [3.8, 4) is 10.6 Å². The summed E-state index contributed by atoms with van der Waals surface area (Å²) in [6, 6.07) is 4.53. The van der Waals surface area contributed by atoms with Gasteiger partial charge in [-0.2, -0.15) is 0 Å². The Morgan fingerprint density at radius 3 is 2.82 bits per heavy atom. The second-order valence-corrected chi connectivity index (χ2v) is 5.29. The van der Waals surface area contributed by atoms with Crippen LogP contribution in [-0.2, 0) is 6.42 Å². The van der Waals surface area contributed by atoms with E-state index in [0.29, 0.717) is 21.5 Å². The van der Waals surface area contributed by atoms with E-state index in [4.69, 9.17) is 23.2 Å². The minimum Gasteiger partial charge on any atom is -0.206 e. The number of rotatable bonds is 4. The Balaban J connectivity index is 2.24. The van der Waals surface area contributed by atoms with Crippen LogP contribution in [0.3, 0.4) is 0 Å². The van der Waals surface area contributed by atoms with Gasteiger partial charge < -0.3 is 0 Å². The Hall–Kier alpha value is -0.710. The van der Waals surface area contributed by atoms with E-state index >= 15 is 0 Å². The summed E-state index contributed by atoms with van der Waals surface area (Å²) in [5.74, 6) is 0.210. The number of alkyl halides is 1. The Labute approximate surface area is 112 Å². The number of aromatic nitrogens is 2. The molecule has 0 N–H and O–H groups in total. The Kier molecular flexibility index (Phi) is 4.31. The SMILES string of the molecule is Fc1cc(Cl)ccc1-c1nnc(CCCCl)s1. The fourth-order valence-electron chi connectivity index (χ4n) is 1.34. The van der Waals surface area contributed by atoms with Crippen molar-refractivity contribution in [3.63, 3.8) is 0 Å². The molecule has 1 aromatic carbocycles. The first kappa shape index (κ1) is 12.7. The molecule has 6 heteroatoms. The van der Waals surface area contributed by atoms with Crippen LogP contribution in [0.5, 0.6) is 0 Å². The molecule has 0 atom stereocenters. The number of hydrogen-bond donors (Lipinski definition) is 0. The first-order chi connectivity index (χ1) is 8.20. The van der Waals surface area contributed by atoms with Crippen LogP contribution in [-0.4, -0.2) is 16.1 Å². The van der Waals surface area contributed by atoms with Gasteiger partial charge in [-0.05, 0) is 24.6 Å². The zero-order chi connectivity index (χ0) is 12.3. The fraction of sp³-hybridized carbons (Fsp3) is 0.273. The summed E-state index contributed by atoms with van der Waals surface area (Å²) in [5.41, 5.74) is 0.434. The fourth-order valence-corrected chi connectivity index (χ4v) is 2.55. The minimum atomic E-state index is -0.377. The topological polar surface area (TPSA) is 25.8 Å². The highest BCUT2D eigenvalue weighted by Gasteiger charge is 2.11. The van der Waals surface area contributed by atoms with E-state index in [0.717, 1.165) is 17.8 Å². The quantitative estimate of drug-likeness (QED) is 0.790. The van der Waals surface area contributed by atoms with Crippen molar-refractivity contribution in [2.75, 3.05) is 5.88 Å². The minimum absolute atomic E-state index is 0.373. The lowest BCUT2D eigenvalue weighted by atomic mass is 10.2. The van der Waals surface area contributed by atoms with Crippen molar-refractivity contribution in [2.45, 2.75) is 12.8 Å². The molecule has 0 spiro atoms. The van der Waals surface area contributed by atoms with Gasteiger partial charge in [-0.15, -0.1) is 21.8 Å². The van der Waals surface area contributed by atoms with Gasteiger partial charge in [-0.1, -0.05) is 22.9 Å². The van der Waals surface area contributed by atoms with Gasteiger partial charge in [-0.3, -0.25) is 0 Å². The number of benzene rings is 1. The van der Waals surface area contributed by atoms with Gasteiger partial charge >= 0.3 is 0 Å². The highest BCUT2D eigenvalue weighted by atomic mass is 35.5. The van der Waals surface area contributed by atoms with E-state index in [2.05, 4.69) is 10.2 Å². The molecule has 0 bridgehead atoms. The third-order valence-corrected chi connectivity index (χ3v) is 3.67. The van der Waals surface area contributed by atoms with Gasteiger partial charge in [-0.25, -0.2) is 4.39 Å². The van der Waals surface area contributed by atoms with Crippen molar-refractivity contribution in [3.05, 3.63) is 34.0 Å². The van der Waals surface area contributed by atoms with Crippen molar-refractivity contribution < 1.29 is 4.39 Å². The maximum atomic E-state index is 13.6. The maximum Gasteiger partial charge on any atom is 0.150 e. The van der Waals surface area contributed by atoms with E-state index in [1.165, 1.54) is 17.4 Å². The van der Waals surface area contributed by atoms with E-state index in [-0.39, 0.29) is 5.82 Å². The normalized spacial score (nSPS) is 10.8. The second kappa shape index (κ2) is 5.76. The van der Waals surface area contributed by atoms with Crippen molar-refractivity contribution >= 4 is 34.5 Å². The zero-order valence-electron chi connectivity index (χ0n) is 8.79. The molecular formula is C11H9Cl2FN2S. The Morgan fingerprint density at radius 1 is 1.29 bits per heavy atom. The van der Waals surface area contributed by atoms with Crippen LogP contribution >= 0.6 is 34.5 Å². The molecule has 0 aliphatic rings. The molecule has 0 radical (unpaired) electrons. The standard InChI is InChI=1S/C11H9Cl2FN2S/c12-5-1-2-10-15-16-11(17-10)8-4-3-7(13)6-9(8)14/h3-4,6H,1-2,5H2. The van der Waals surface area contributed by atoms with Gasteiger partial charge in [0, 0.05) is 22.9 Å². The predicted molar refractivity (Wildman–Crippen MR) is 69.4 cm³/mol. The molecule has 0 saturated carbocycles. The lowest BCUT2D eigenvalue weighted by Gasteiger charge is -1.97. The van der Waals surface area contributed by atoms with Crippen molar-refractivity contribution in [2.24, 2.45) is 0 Å². The molecule has 0 aliphatic carbocycles. The van der Waals surface area contributed by atoms with E-state index in [1.807, 2.05) is 0 Å². The number of halogens is 3. The first-order valence-corrected chi connectivity index (χ1v) is 6.77. The smallest absolute Gasteiger partial charge is 0.150 e. The van der Waals surface area contributed by atoms with Crippen LogP contribution in [0.25, 0.3) is 10.6 Å². The molecule has 0 saturated heterocycles. The highest BCUT2D eigenvalue weighted by molar-refractivity contribution is 7.14. The summed E-state index contributed by atoms with van der Waals surface area (Å²) in [6.45, 7) is 0. The summed E-state index contributed by atoms with van der Waals surface area (Å²) >= 11 is 12.7. The van der Waals surface area contributed by atoms with Gasteiger partial charge in [0.05, 0.1) is 0 Å².